The van der Waals surface area contributed by atoms with Crippen molar-refractivity contribution in [2.24, 2.45) is 5.41 Å². The van der Waals surface area contributed by atoms with Gasteiger partial charge in [-0.05, 0) is 43.2 Å². The van der Waals surface area contributed by atoms with Crippen molar-refractivity contribution in [2.75, 3.05) is 25.0 Å². The van der Waals surface area contributed by atoms with Crippen molar-refractivity contribution in [2.45, 2.75) is 46.0 Å². The molecule has 0 unspecified atom stereocenters. The molecule has 2 aliphatic rings. The van der Waals surface area contributed by atoms with Gasteiger partial charge in [0.25, 0.3) is 0 Å². The van der Waals surface area contributed by atoms with E-state index in [0.717, 1.165) is 31.5 Å². The third-order valence-electron chi connectivity index (χ3n) is 4.97. The van der Waals surface area contributed by atoms with E-state index in [-0.39, 0.29) is 18.5 Å². The summed E-state index contributed by atoms with van der Waals surface area (Å²) in [6, 6.07) is 9.86. The normalized spacial score (nSPS) is 17.4. The van der Waals surface area contributed by atoms with Crippen molar-refractivity contribution in [1.82, 2.24) is 15.1 Å². The van der Waals surface area contributed by atoms with Crippen molar-refractivity contribution in [1.29, 1.82) is 0 Å². The lowest BCUT2D eigenvalue weighted by Crippen LogP contribution is -2.41. The monoisotopic (exact) mass is 356 g/mol. The second-order valence-electron chi connectivity index (χ2n) is 7.22. The highest BCUT2D eigenvalue weighted by molar-refractivity contribution is 5.80. The Bertz CT molecular complexity index is 700. The van der Waals surface area contributed by atoms with E-state index in [9.17, 15) is 4.79 Å². The van der Waals surface area contributed by atoms with Gasteiger partial charge in [0.2, 0.25) is 11.8 Å². The molecule has 0 bridgehead atoms. The average molecular weight is 356 g/mol. The number of carbonyl (C=O) groups is 1. The number of piperidine rings is 1. The van der Waals surface area contributed by atoms with Crippen LogP contribution in [0.4, 0.5) is 6.01 Å². The first kappa shape index (κ1) is 18.4. The molecule has 0 atom stereocenters. The van der Waals surface area contributed by atoms with Gasteiger partial charge in [0.05, 0.1) is 6.54 Å². The molecule has 1 amide bonds. The summed E-state index contributed by atoms with van der Waals surface area (Å²) in [5, 5.41) is 10.9. The van der Waals surface area contributed by atoms with Crippen molar-refractivity contribution < 1.29 is 9.21 Å². The van der Waals surface area contributed by atoms with Gasteiger partial charge in [-0.15, -0.1) is 5.10 Å². The fraction of sp³-hybridized carbons (Fsp3) is 0.550. The average Bonchev–Trinajstić information content (AvgIpc) is 3.25. The molecule has 4 rings (SSSR count). The van der Waals surface area contributed by atoms with Crippen LogP contribution in [0.25, 0.3) is 11.5 Å². The molecule has 1 aliphatic heterocycles. The summed E-state index contributed by atoms with van der Waals surface area (Å²) < 4.78 is 5.55. The largest absolute Gasteiger partial charge is 0.403 e. The van der Waals surface area contributed by atoms with Crippen LogP contribution in [0.15, 0.2) is 34.7 Å². The van der Waals surface area contributed by atoms with Crippen LogP contribution < -0.4 is 5.32 Å². The molecule has 6 nitrogen and oxygen atoms in total. The molecule has 2 fully saturated rings. The molecule has 140 valence electrons. The standard InChI is InChI=1S/C17H20N4O2.C3H8/c22-14(21-10-8-17(6-7-17)9-11-21)12-18-16-20-19-15(23-16)13-4-2-1-3-5-13;1-3-2/h1-5H,6-12H2,(H,18,20);3H2,1-2H3. The lowest BCUT2D eigenvalue weighted by Gasteiger charge is -2.32. The van der Waals surface area contributed by atoms with E-state index in [1.807, 2.05) is 35.2 Å². The van der Waals surface area contributed by atoms with Crippen molar-refractivity contribution in [3.63, 3.8) is 0 Å². The van der Waals surface area contributed by atoms with Gasteiger partial charge in [0.1, 0.15) is 0 Å². The lowest BCUT2D eigenvalue weighted by atomic mass is 9.94. The maximum atomic E-state index is 12.3. The molecule has 6 heteroatoms. The van der Waals surface area contributed by atoms with E-state index < -0.39 is 0 Å². The molecule has 0 radical (unpaired) electrons. The van der Waals surface area contributed by atoms with Crippen LogP contribution in [0.1, 0.15) is 46.0 Å². The van der Waals surface area contributed by atoms with Gasteiger partial charge in [0, 0.05) is 18.7 Å². The summed E-state index contributed by atoms with van der Waals surface area (Å²) in [5.74, 6) is 0.550. The quantitative estimate of drug-likeness (QED) is 0.897. The maximum Gasteiger partial charge on any atom is 0.316 e. The minimum atomic E-state index is 0.0972. The van der Waals surface area contributed by atoms with Crippen LogP contribution in [0, 0.1) is 5.41 Å². The van der Waals surface area contributed by atoms with Crippen LogP contribution in [0.3, 0.4) is 0 Å². The third-order valence-corrected chi connectivity index (χ3v) is 4.97. The summed E-state index contributed by atoms with van der Waals surface area (Å²) in [5.41, 5.74) is 1.45. The number of amides is 1. The highest BCUT2D eigenvalue weighted by Gasteiger charge is 2.44. The number of likely N-dealkylation sites (tertiary alicyclic amines) is 1. The van der Waals surface area contributed by atoms with Gasteiger partial charge in [-0.25, -0.2) is 0 Å². The van der Waals surface area contributed by atoms with E-state index in [4.69, 9.17) is 4.42 Å². The van der Waals surface area contributed by atoms with Crippen LogP contribution in [0.2, 0.25) is 0 Å². The van der Waals surface area contributed by atoms with Gasteiger partial charge in [-0.2, -0.15) is 0 Å². The van der Waals surface area contributed by atoms with Gasteiger partial charge < -0.3 is 14.6 Å². The van der Waals surface area contributed by atoms with Crippen molar-refractivity contribution >= 4 is 11.9 Å². The second kappa shape index (κ2) is 8.34. The molecule has 1 aromatic carbocycles. The van der Waals surface area contributed by atoms with Crippen LogP contribution in [-0.4, -0.2) is 40.6 Å². The molecule has 1 saturated carbocycles. The smallest absolute Gasteiger partial charge is 0.316 e. The lowest BCUT2D eigenvalue weighted by molar-refractivity contribution is -0.130. The molecular weight excluding hydrogens is 328 g/mol. The number of hydrogen-bond donors (Lipinski definition) is 1. The SMILES string of the molecule is CCC.O=C(CNc1nnc(-c2ccccc2)o1)N1CCC2(CC1)CC2. The molecule has 2 aromatic rings. The van der Waals surface area contributed by atoms with Gasteiger partial charge in [-0.3, -0.25) is 4.79 Å². The highest BCUT2D eigenvalue weighted by atomic mass is 16.4. The number of hydrogen-bond acceptors (Lipinski definition) is 5. The molecular formula is C20H28N4O2. The molecule has 2 heterocycles. The number of rotatable bonds is 4. The Hall–Kier alpha value is -2.37. The Morgan fingerprint density at radius 2 is 1.77 bits per heavy atom. The number of aromatic nitrogens is 2. The number of nitrogens with zero attached hydrogens (tertiary/aromatic N) is 3. The fourth-order valence-corrected chi connectivity index (χ4v) is 3.16. The first-order chi connectivity index (χ1) is 12.7. The van der Waals surface area contributed by atoms with E-state index in [1.165, 1.54) is 19.3 Å². The maximum absolute atomic E-state index is 12.3. The molecule has 1 N–H and O–H groups in total. The topological polar surface area (TPSA) is 71.3 Å². The Kier molecular flexibility index (Phi) is 5.91. The predicted molar refractivity (Wildman–Crippen MR) is 102 cm³/mol. The minimum Gasteiger partial charge on any atom is -0.403 e. The highest BCUT2D eigenvalue weighted by Crippen LogP contribution is 2.53. The number of carbonyl (C=O) groups excluding carboxylic acids is 1. The van der Waals surface area contributed by atoms with Crippen molar-refractivity contribution in [3.8, 4) is 11.5 Å². The fourth-order valence-electron chi connectivity index (χ4n) is 3.16. The Morgan fingerprint density at radius 3 is 2.38 bits per heavy atom. The molecule has 1 saturated heterocycles. The summed E-state index contributed by atoms with van der Waals surface area (Å²) in [6.45, 7) is 6.20. The molecule has 1 aliphatic carbocycles. The van der Waals surface area contributed by atoms with Crippen LogP contribution >= 0.6 is 0 Å². The van der Waals surface area contributed by atoms with E-state index in [0.29, 0.717) is 11.3 Å². The minimum absolute atomic E-state index is 0.0972. The third kappa shape index (κ3) is 4.62. The van der Waals surface area contributed by atoms with Crippen LogP contribution in [0.5, 0.6) is 0 Å². The summed E-state index contributed by atoms with van der Waals surface area (Å²) in [6.07, 6.45) is 6.24. The predicted octanol–water partition coefficient (Wildman–Crippen LogP) is 3.97. The first-order valence-electron chi connectivity index (χ1n) is 9.56. The summed E-state index contributed by atoms with van der Waals surface area (Å²) in [4.78, 5) is 14.2. The molecule has 26 heavy (non-hydrogen) atoms. The van der Waals surface area contributed by atoms with E-state index in [2.05, 4.69) is 29.4 Å². The van der Waals surface area contributed by atoms with Gasteiger partial charge in [-0.1, -0.05) is 43.6 Å². The Balaban J connectivity index is 0.000000613. The zero-order valence-electron chi connectivity index (χ0n) is 15.7. The zero-order chi connectivity index (χ0) is 18.4. The van der Waals surface area contributed by atoms with Crippen LogP contribution in [-0.2, 0) is 4.79 Å². The second-order valence-corrected chi connectivity index (χ2v) is 7.22. The van der Waals surface area contributed by atoms with E-state index >= 15 is 0 Å². The van der Waals surface area contributed by atoms with Gasteiger partial charge >= 0.3 is 6.01 Å². The zero-order valence-corrected chi connectivity index (χ0v) is 15.7. The molecule has 1 spiro atoms. The van der Waals surface area contributed by atoms with Crippen molar-refractivity contribution in [3.05, 3.63) is 30.3 Å². The number of nitrogens with one attached hydrogen (secondary N) is 1. The van der Waals surface area contributed by atoms with Gasteiger partial charge in [0.15, 0.2) is 0 Å². The Morgan fingerprint density at radius 1 is 1.12 bits per heavy atom. The number of benzene rings is 1. The summed E-state index contributed by atoms with van der Waals surface area (Å²) in [7, 11) is 0. The molecule has 1 aromatic heterocycles. The van der Waals surface area contributed by atoms with E-state index in [1.54, 1.807) is 0 Å². The number of anilines is 1. The summed E-state index contributed by atoms with van der Waals surface area (Å²) >= 11 is 0. The Labute approximate surface area is 155 Å². The first-order valence-corrected chi connectivity index (χ1v) is 9.56.